The molecule has 0 radical (unpaired) electrons. The maximum absolute atomic E-state index is 10.4. The smallest absolute Gasteiger partial charge is 0.303 e. The number of aliphatic hydroxyl groups is 2. The third-order valence-electron chi connectivity index (χ3n) is 2.51. The molecule has 2 unspecified atom stereocenters. The van der Waals surface area contributed by atoms with E-state index >= 15 is 0 Å². The zero-order valence-electron chi connectivity index (χ0n) is 8.09. The van der Waals surface area contributed by atoms with Crippen molar-refractivity contribution in [2.24, 2.45) is 5.92 Å². The van der Waals surface area contributed by atoms with Crippen LogP contribution in [0.1, 0.15) is 12.8 Å². The number of aliphatic carboxylic acids is 1. The maximum atomic E-state index is 10.4. The van der Waals surface area contributed by atoms with Gasteiger partial charge in [0.25, 0.3) is 0 Å². The highest BCUT2D eigenvalue weighted by molar-refractivity contribution is 5.67. The summed E-state index contributed by atoms with van der Waals surface area (Å²) in [6, 6.07) is 0. The molecule has 1 aliphatic heterocycles. The molecule has 5 nitrogen and oxygen atoms in total. The van der Waals surface area contributed by atoms with Gasteiger partial charge in [-0.3, -0.25) is 4.79 Å². The molecule has 1 aliphatic rings. The van der Waals surface area contributed by atoms with Crippen molar-refractivity contribution in [3.63, 3.8) is 0 Å². The van der Waals surface area contributed by atoms with E-state index < -0.39 is 12.1 Å². The minimum absolute atomic E-state index is 0.193. The Kier molecular flexibility index (Phi) is 4.31. The van der Waals surface area contributed by atoms with Gasteiger partial charge in [-0.25, -0.2) is 0 Å². The predicted molar refractivity (Wildman–Crippen MR) is 49.9 cm³/mol. The van der Waals surface area contributed by atoms with Crippen LogP contribution >= 0.6 is 0 Å². The Bertz CT molecular complexity index is 197. The largest absolute Gasteiger partial charge is 0.481 e. The molecule has 5 heteroatoms. The molecule has 1 rings (SSSR count). The van der Waals surface area contributed by atoms with E-state index in [2.05, 4.69) is 0 Å². The molecule has 0 saturated carbocycles. The van der Waals surface area contributed by atoms with E-state index in [4.69, 9.17) is 10.2 Å². The molecule has 2 atom stereocenters. The Labute approximate surface area is 83.0 Å². The lowest BCUT2D eigenvalue weighted by molar-refractivity contribution is -0.138. The van der Waals surface area contributed by atoms with Crippen molar-refractivity contribution >= 4 is 5.97 Å². The van der Waals surface area contributed by atoms with Gasteiger partial charge in [-0.2, -0.15) is 0 Å². The Morgan fingerprint density at radius 2 is 2.29 bits per heavy atom. The molecular formula is C9H17NO4. The van der Waals surface area contributed by atoms with Gasteiger partial charge in [0.1, 0.15) is 0 Å². The Morgan fingerprint density at radius 3 is 2.86 bits per heavy atom. The third-order valence-corrected chi connectivity index (χ3v) is 2.51. The zero-order valence-corrected chi connectivity index (χ0v) is 8.09. The van der Waals surface area contributed by atoms with Crippen molar-refractivity contribution in [2.75, 3.05) is 26.2 Å². The van der Waals surface area contributed by atoms with Crippen LogP contribution in [0.5, 0.6) is 0 Å². The van der Waals surface area contributed by atoms with Gasteiger partial charge in [-0.1, -0.05) is 0 Å². The van der Waals surface area contributed by atoms with Crippen molar-refractivity contribution in [2.45, 2.75) is 18.9 Å². The lowest BCUT2D eigenvalue weighted by Gasteiger charge is -2.18. The van der Waals surface area contributed by atoms with Gasteiger partial charge in [0, 0.05) is 19.5 Å². The summed E-state index contributed by atoms with van der Waals surface area (Å²) >= 11 is 0. The molecule has 1 fully saturated rings. The molecule has 1 heterocycles. The second kappa shape index (κ2) is 5.29. The fourth-order valence-corrected chi connectivity index (χ4v) is 1.85. The first-order chi connectivity index (χ1) is 6.61. The Morgan fingerprint density at radius 1 is 1.57 bits per heavy atom. The minimum Gasteiger partial charge on any atom is -0.481 e. The maximum Gasteiger partial charge on any atom is 0.303 e. The minimum atomic E-state index is -0.764. The molecule has 3 N–H and O–H groups in total. The van der Waals surface area contributed by atoms with Crippen molar-refractivity contribution in [3.05, 3.63) is 0 Å². The first kappa shape index (κ1) is 11.4. The zero-order chi connectivity index (χ0) is 10.6. The van der Waals surface area contributed by atoms with Crippen LogP contribution in [0, 0.1) is 5.92 Å². The number of carbonyl (C=O) groups is 1. The van der Waals surface area contributed by atoms with Crippen molar-refractivity contribution in [1.82, 2.24) is 4.90 Å². The first-order valence-electron chi connectivity index (χ1n) is 4.85. The standard InChI is InChI=1S/C9H17NO4/c11-6-8(12)5-10-2-1-7(4-10)3-9(13)14/h7-8,11-12H,1-6H2,(H,13,14). The quantitative estimate of drug-likeness (QED) is 0.541. The summed E-state index contributed by atoms with van der Waals surface area (Å²) in [4.78, 5) is 12.4. The van der Waals surface area contributed by atoms with E-state index in [1.165, 1.54) is 0 Å². The molecule has 0 amide bonds. The van der Waals surface area contributed by atoms with Gasteiger partial charge in [-0.05, 0) is 18.9 Å². The highest BCUT2D eigenvalue weighted by Gasteiger charge is 2.25. The SMILES string of the molecule is O=C(O)CC1CCN(CC(O)CO)C1. The van der Waals surface area contributed by atoms with E-state index in [1.807, 2.05) is 4.90 Å². The molecular weight excluding hydrogens is 186 g/mol. The highest BCUT2D eigenvalue weighted by Crippen LogP contribution is 2.19. The van der Waals surface area contributed by atoms with Gasteiger partial charge in [0.15, 0.2) is 0 Å². The summed E-state index contributed by atoms with van der Waals surface area (Å²) in [6.07, 6.45) is 0.356. The molecule has 82 valence electrons. The summed E-state index contributed by atoms with van der Waals surface area (Å²) in [6.45, 7) is 1.73. The number of carboxylic acid groups (broad SMARTS) is 1. The van der Waals surface area contributed by atoms with Crippen LogP contribution in [0.2, 0.25) is 0 Å². The second-order valence-corrected chi connectivity index (χ2v) is 3.85. The lowest BCUT2D eigenvalue weighted by atomic mass is 10.1. The fraction of sp³-hybridized carbons (Fsp3) is 0.889. The number of likely N-dealkylation sites (tertiary alicyclic amines) is 1. The van der Waals surface area contributed by atoms with Gasteiger partial charge in [0.2, 0.25) is 0 Å². The van der Waals surface area contributed by atoms with Crippen LogP contribution in [-0.2, 0) is 4.79 Å². The molecule has 14 heavy (non-hydrogen) atoms. The summed E-state index contributed by atoms with van der Waals surface area (Å²) in [5.41, 5.74) is 0. The fourth-order valence-electron chi connectivity index (χ4n) is 1.85. The van der Waals surface area contributed by atoms with Gasteiger partial charge in [-0.15, -0.1) is 0 Å². The van der Waals surface area contributed by atoms with Crippen LogP contribution < -0.4 is 0 Å². The molecule has 1 saturated heterocycles. The number of hydrogen-bond acceptors (Lipinski definition) is 4. The van der Waals surface area contributed by atoms with E-state index in [-0.39, 0.29) is 18.9 Å². The molecule has 0 aromatic carbocycles. The summed E-state index contributed by atoms with van der Waals surface area (Å²) in [7, 11) is 0. The van der Waals surface area contributed by atoms with Gasteiger partial charge in [0.05, 0.1) is 12.7 Å². The molecule has 0 spiro atoms. The highest BCUT2D eigenvalue weighted by atomic mass is 16.4. The molecule has 0 aromatic rings. The van der Waals surface area contributed by atoms with E-state index in [0.29, 0.717) is 13.1 Å². The normalized spacial score (nSPS) is 25.1. The number of hydrogen-bond donors (Lipinski definition) is 3. The van der Waals surface area contributed by atoms with Gasteiger partial charge < -0.3 is 20.2 Å². The number of aliphatic hydroxyl groups excluding tert-OH is 2. The number of β-amino-alcohol motifs (C(OH)–C–C–N with tert-alkyl or cyclic N) is 1. The van der Waals surface area contributed by atoms with Crippen LogP contribution in [0.3, 0.4) is 0 Å². The molecule has 0 bridgehead atoms. The average molecular weight is 203 g/mol. The number of carboxylic acids is 1. The lowest BCUT2D eigenvalue weighted by Crippen LogP contribution is -2.32. The Balaban J connectivity index is 2.23. The van der Waals surface area contributed by atoms with E-state index in [1.54, 1.807) is 0 Å². The monoisotopic (exact) mass is 203 g/mol. The average Bonchev–Trinajstić information content (AvgIpc) is 2.51. The van der Waals surface area contributed by atoms with Gasteiger partial charge >= 0.3 is 5.97 Å². The predicted octanol–water partition coefficient (Wildman–Crippen LogP) is -0.864. The summed E-state index contributed by atoms with van der Waals surface area (Å²) < 4.78 is 0. The number of rotatable bonds is 5. The topological polar surface area (TPSA) is 81.0 Å². The molecule has 0 aromatic heterocycles. The van der Waals surface area contributed by atoms with Crippen molar-refractivity contribution in [3.8, 4) is 0 Å². The van der Waals surface area contributed by atoms with Crippen LogP contribution in [0.4, 0.5) is 0 Å². The van der Waals surface area contributed by atoms with E-state index in [0.717, 1.165) is 13.0 Å². The summed E-state index contributed by atoms with van der Waals surface area (Å²) in [5.74, 6) is -0.571. The Hall–Kier alpha value is -0.650. The van der Waals surface area contributed by atoms with Crippen molar-refractivity contribution in [1.29, 1.82) is 0 Å². The molecule has 0 aliphatic carbocycles. The summed E-state index contributed by atoms with van der Waals surface area (Å²) in [5, 5.41) is 26.4. The number of nitrogens with zero attached hydrogens (tertiary/aromatic N) is 1. The van der Waals surface area contributed by atoms with E-state index in [9.17, 15) is 9.90 Å². The van der Waals surface area contributed by atoms with Crippen LogP contribution in [-0.4, -0.2) is 58.5 Å². The van der Waals surface area contributed by atoms with Crippen molar-refractivity contribution < 1.29 is 20.1 Å². The third kappa shape index (κ3) is 3.61. The first-order valence-corrected chi connectivity index (χ1v) is 4.85. The van der Waals surface area contributed by atoms with Crippen LogP contribution in [0.15, 0.2) is 0 Å². The second-order valence-electron chi connectivity index (χ2n) is 3.85. The van der Waals surface area contributed by atoms with Crippen LogP contribution in [0.25, 0.3) is 0 Å².